The Kier molecular flexibility index (Phi) is 8.88. The summed E-state index contributed by atoms with van der Waals surface area (Å²) in [5, 5.41) is 5.55. The molecule has 1 heterocycles. The molecule has 0 aliphatic heterocycles. The number of amides is 3. The number of nitrogens with zero attached hydrogens (tertiary/aromatic N) is 1. The summed E-state index contributed by atoms with van der Waals surface area (Å²) in [5.74, 6) is -1.32. The fraction of sp³-hybridized carbons (Fsp3) is 0.333. The Hall–Kier alpha value is -4.20. The fourth-order valence-corrected chi connectivity index (χ4v) is 3.97. The first-order chi connectivity index (χ1) is 17.9. The Balaban J connectivity index is 2.09. The lowest BCUT2D eigenvalue weighted by molar-refractivity contribution is -0.127. The molecule has 38 heavy (non-hydrogen) atoms. The first kappa shape index (κ1) is 28.4. The summed E-state index contributed by atoms with van der Waals surface area (Å²) in [6.07, 6.45) is 1.37. The van der Waals surface area contributed by atoms with E-state index in [1.807, 2.05) is 45.0 Å². The topological polar surface area (TPSA) is 109 Å². The van der Waals surface area contributed by atoms with Gasteiger partial charge in [0.2, 0.25) is 11.8 Å². The number of rotatable bonds is 9. The number of carbonyl (C=O) groups excluding carboxylic acids is 4. The van der Waals surface area contributed by atoms with Gasteiger partial charge in [0.25, 0.3) is 5.91 Å². The average Bonchev–Trinajstić information content (AvgIpc) is 3.40. The van der Waals surface area contributed by atoms with Crippen LogP contribution in [0.5, 0.6) is 0 Å². The largest absolute Gasteiger partial charge is 0.459 e. The standard InChI is InChI=1S/C30H35N3O5/c1-19(2)21-12-14-22(15-13-21)27(29(37)32-30(4,5)6)33(24-10-7-9-23(17-24)20(3)34)26(35)18-31-28(36)25-11-8-16-38-25/h7-17,19,27H,18H2,1-6H3,(H,31,36)(H,32,37)/t27-/m0/s1. The zero-order valence-corrected chi connectivity index (χ0v) is 22.7. The van der Waals surface area contributed by atoms with Crippen molar-refractivity contribution in [2.45, 2.75) is 59.0 Å². The van der Waals surface area contributed by atoms with Crippen molar-refractivity contribution < 1.29 is 23.6 Å². The molecule has 0 saturated heterocycles. The normalized spacial score (nSPS) is 12.1. The summed E-state index contributed by atoms with van der Waals surface area (Å²) in [7, 11) is 0. The molecule has 2 aromatic carbocycles. The molecule has 0 fully saturated rings. The molecule has 0 unspecified atom stereocenters. The van der Waals surface area contributed by atoms with Crippen molar-refractivity contribution in [2.24, 2.45) is 0 Å². The monoisotopic (exact) mass is 517 g/mol. The first-order valence-corrected chi connectivity index (χ1v) is 12.5. The van der Waals surface area contributed by atoms with Crippen molar-refractivity contribution in [3.8, 4) is 0 Å². The van der Waals surface area contributed by atoms with Crippen molar-refractivity contribution >= 4 is 29.2 Å². The highest BCUT2D eigenvalue weighted by Gasteiger charge is 2.35. The lowest BCUT2D eigenvalue weighted by Gasteiger charge is -2.34. The second-order valence-electron chi connectivity index (χ2n) is 10.5. The summed E-state index contributed by atoms with van der Waals surface area (Å²) in [5.41, 5.74) is 1.86. The minimum absolute atomic E-state index is 0.0641. The van der Waals surface area contributed by atoms with Gasteiger partial charge < -0.3 is 15.1 Å². The van der Waals surface area contributed by atoms with Gasteiger partial charge in [-0.25, -0.2) is 0 Å². The van der Waals surface area contributed by atoms with Crippen molar-refractivity contribution in [1.82, 2.24) is 10.6 Å². The molecule has 0 saturated carbocycles. The maximum absolute atomic E-state index is 13.8. The number of carbonyl (C=O) groups is 4. The number of anilines is 1. The van der Waals surface area contributed by atoms with Crippen molar-refractivity contribution in [3.05, 3.63) is 89.4 Å². The molecule has 1 atom stereocenters. The molecule has 200 valence electrons. The smallest absolute Gasteiger partial charge is 0.287 e. The van der Waals surface area contributed by atoms with Crippen molar-refractivity contribution in [2.75, 3.05) is 11.4 Å². The van der Waals surface area contributed by atoms with Crippen molar-refractivity contribution in [1.29, 1.82) is 0 Å². The van der Waals surface area contributed by atoms with Gasteiger partial charge in [0.15, 0.2) is 11.5 Å². The van der Waals surface area contributed by atoms with Gasteiger partial charge in [0.05, 0.1) is 12.8 Å². The number of hydrogen-bond donors (Lipinski definition) is 2. The van der Waals surface area contributed by atoms with E-state index in [4.69, 9.17) is 4.42 Å². The van der Waals surface area contributed by atoms with Gasteiger partial charge in [0, 0.05) is 16.8 Å². The molecule has 8 heteroatoms. The molecule has 8 nitrogen and oxygen atoms in total. The van der Waals surface area contributed by atoms with Gasteiger partial charge in [0.1, 0.15) is 6.04 Å². The zero-order chi connectivity index (χ0) is 28.0. The molecule has 3 aromatic rings. The predicted molar refractivity (Wildman–Crippen MR) is 146 cm³/mol. The van der Waals surface area contributed by atoms with Crippen LogP contribution in [0.15, 0.2) is 71.3 Å². The molecule has 2 N–H and O–H groups in total. The van der Waals surface area contributed by atoms with E-state index in [1.165, 1.54) is 24.2 Å². The van der Waals surface area contributed by atoms with Crippen LogP contribution in [0.1, 0.15) is 85.5 Å². The first-order valence-electron chi connectivity index (χ1n) is 12.5. The van der Waals surface area contributed by atoms with Crippen LogP contribution in [0.4, 0.5) is 5.69 Å². The maximum atomic E-state index is 13.8. The van der Waals surface area contributed by atoms with Crippen LogP contribution in [-0.2, 0) is 9.59 Å². The number of Topliss-reactive ketones (excluding diaryl/α,β-unsaturated/α-hetero) is 1. The van der Waals surface area contributed by atoms with E-state index < -0.39 is 35.8 Å². The maximum Gasteiger partial charge on any atom is 0.287 e. The van der Waals surface area contributed by atoms with Crippen LogP contribution in [0, 0.1) is 0 Å². The molecule has 0 aliphatic rings. The van der Waals surface area contributed by atoms with Crippen LogP contribution in [-0.4, -0.2) is 35.6 Å². The molecular weight excluding hydrogens is 482 g/mol. The van der Waals surface area contributed by atoms with Gasteiger partial charge in [-0.1, -0.05) is 50.2 Å². The molecule has 0 radical (unpaired) electrons. The Morgan fingerprint density at radius 2 is 1.58 bits per heavy atom. The molecule has 0 bridgehead atoms. The van der Waals surface area contributed by atoms with Crippen LogP contribution in [0.2, 0.25) is 0 Å². The van der Waals surface area contributed by atoms with Crippen LogP contribution >= 0.6 is 0 Å². The Bertz CT molecular complexity index is 1290. The quantitative estimate of drug-likeness (QED) is 0.387. The Morgan fingerprint density at radius 1 is 0.921 bits per heavy atom. The SMILES string of the molecule is CC(=O)c1cccc(N(C(=O)CNC(=O)c2ccco2)[C@H](C(=O)NC(C)(C)C)c2ccc(C(C)C)cc2)c1. The highest BCUT2D eigenvalue weighted by atomic mass is 16.3. The molecule has 1 aromatic heterocycles. The van der Waals surface area contributed by atoms with E-state index in [2.05, 4.69) is 24.5 Å². The third-order valence-electron chi connectivity index (χ3n) is 5.87. The average molecular weight is 518 g/mol. The fourth-order valence-electron chi connectivity index (χ4n) is 3.97. The van der Waals surface area contributed by atoms with E-state index in [0.717, 1.165) is 5.56 Å². The van der Waals surface area contributed by atoms with E-state index in [0.29, 0.717) is 16.8 Å². The Labute approximate surface area is 223 Å². The second-order valence-corrected chi connectivity index (χ2v) is 10.5. The van der Waals surface area contributed by atoms with Crippen LogP contribution in [0.25, 0.3) is 0 Å². The molecule has 3 rings (SSSR count). The number of nitrogens with one attached hydrogen (secondary N) is 2. The highest BCUT2D eigenvalue weighted by molar-refractivity contribution is 6.05. The van der Waals surface area contributed by atoms with Crippen LogP contribution in [0.3, 0.4) is 0 Å². The lowest BCUT2D eigenvalue weighted by Crippen LogP contribution is -2.51. The molecule has 3 amide bonds. The van der Waals surface area contributed by atoms with Gasteiger partial charge in [-0.15, -0.1) is 0 Å². The summed E-state index contributed by atoms with van der Waals surface area (Å²) in [6, 6.07) is 16.1. The van der Waals surface area contributed by atoms with Crippen molar-refractivity contribution in [3.63, 3.8) is 0 Å². The van der Waals surface area contributed by atoms with E-state index in [1.54, 1.807) is 30.3 Å². The summed E-state index contributed by atoms with van der Waals surface area (Å²) in [6.45, 7) is 10.8. The summed E-state index contributed by atoms with van der Waals surface area (Å²) < 4.78 is 5.12. The number of hydrogen-bond acceptors (Lipinski definition) is 5. The predicted octanol–water partition coefficient (Wildman–Crippen LogP) is 5.02. The number of ketones is 1. The minimum Gasteiger partial charge on any atom is -0.459 e. The molecule has 0 spiro atoms. The summed E-state index contributed by atoms with van der Waals surface area (Å²) in [4.78, 5) is 53.5. The van der Waals surface area contributed by atoms with E-state index in [-0.39, 0.29) is 17.5 Å². The van der Waals surface area contributed by atoms with Gasteiger partial charge in [-0.3, -0.25) is 24.1 Å². The number of benzene rings is 2. The van der Waals surface area contributed by atoms with E-state index in [9.17, 15) is 19.2 Å². The third kappa shape index (κ3) is 7.18. The molecule has 0 aliphatic carbocycles. The van der Waals surface area contributed by atoms with Gasteiger partial charge >= 0.3 is 0 Å². The van der Waals surface area contributed by atoms with Crippen LogP contribution < -0.4 is 15.5 Å². The zero-order valence-electron chi connectivity index (χ0n) is 22.7. The third-order valence-corrected chi connectivity index (χ3v) is 5.87. The number of furan rings is 1. The molecular formula is C30H35N3O5. The van der Waals surface area contributed by atoms with E-state index >= 15 is 0 Å². The minimum atomic E-state index is -1.06. The van der Waals surface area contributed by atoms with Gasteiger partial charge in [-0.2, -0.15) is 0 Å². The lowest BCUT2D eigenvalue weighted by atomic mass is 9.96. The summed E-state index contributed by atoms with van der Waals surface area (Å²) >= 11 is 0. The highest BCUT2D eigenvalue weighted by Crippen LogP contribution is 2.30. The second kappa shape index (κ2) is 11.9. The Morgan fingerprint density at radius 3 is 2.13 bits per heavy atom. The van der Waals surface area contributed by atoms with Gasteiger partial charge in [-0.05, 0) is 69.0 Å².